The predicted molar refractivity (Wildman–Crippen MR) is 143 cm³/mol. The molecule has 2 fully saturated rings. The Balaban J connectivity index is 1.42. The lowest BCUT2D eigenvalue weighted by Gasteiger charge is -2.39. The normalized spacial score (nSPS) is 22.8. The van der Waals surface area contributed by atoms with Crippen molar-refractivity contribution in [1.82, 2.24) is 0 Å². The van der Waals surface area contributed by atoms with E-state index < -0.39 is 0 Å². The molecule has 0 bridgehead atoms. The maximum atomic E-state index is 6.82. The lowest BCUT2D eigenvalue weighted by atomic mass is 9.66. The Labute approximate surface area is 201 Å². The summed E-state index contributed by atoms with van der Waals surface area (Å²) in [5.41, 5.74) is 5.61. The molecule has 1 N–H and O–H groups in total. The first-order valence-corrected chi connectivity index (χ1v) is 13.0. The van der Waals surface area contributed by atoms with Crippen LogP contribution in [0.3, 0.4) is 0 Å². The third kappa shape index (κ3) is 3.31. The van der Waals surface area contributed by atoms with Crippen molar-refractivity contribution in [2.24, 2.45) is 11.8 Å². The van der Waals surface area contributed by atoms with Crippen LogP contribution in [0.5, 0.6) is 0 Å². The van der Waals surface area contributed by atoms with E-state index in [0.717, 1.165) is 34.4 Å². The summed E-state index contributed by atoms with van der Waals surface area (Å²) in [6, 6.07) is 28.2. The van der Waals surface area contributed by atoms with E-state index in [1.54, 1.807) is 0 Å². The highest BCUT2D eigenvalue weighted by Gasteiger charge is 2.34. The van der Waals surface area contributed by atoms with E-state index in [1.165, 1.54) is 72.1 Å². The summed E-state index contributed by atoms with van der Waals surface area (Å²) in [5, 5.41) is 8.72. The topological polar surface area (TPSA) is 25.2 Å². The summed E-state index contributed by atoms with van der Waals surface area (Å²) in [7, 11) is 0. The molecule has 4 aromatic carbocycles. The molecule has 5 aromatic rings. The third-order valence-electron chi connectivity index (χ3n) is 8.55. The number of para-hydroxylation sites is 2. The first-order valence-electron chi connectivity index (χ1n) is 13.0. The average molecular weight is 446 g/mol. The molecule has 1 aromatic heterocycles. The standard InChI is InChI=1S/C32H31NO/c1-2-12-25(13-3-1)33-29-16-8-15-27-30-26-14-7-6-11-23(26)20-28(32(30)34-31(27)29)24-18-17-21-9-4-5-10-22(21)19-24/h1-3,6-8,11-16,20-22,24,33H,4-5,9-10,17-19H2. The van der Waals surface area contributed by atoms with Crippen LogP contribution in [-0.2, 0) is 0 Å². The molecule has 0 aliphatic heterocycles. The number of fused-ring (bicyclic) bond motifs is 6. The Morgan fingerprint density at radius 1 is 0.676 bits per heavy atom. The molecule has 2 nitrogen and oxygen atoms in total. The summed E-state index contributed by atoms with van der Waals surface area (Å²) < 4.78 is 6.82. The van der Waals surface area contributed by atoms with Gasteiger partial charge in [-0.15, -0.1) is 0 Å². The van der Waals surface area contributed by atoms with Crippen molar-refractivity contribution in [3.8, 4) is 0 Å². The molecular weight excluding hydrogens is 414 g/mol. The molecule has 1 heterocycles. The van der Waals surface area contributed by atoms with Gasteiger partial charge in [-0.2, -0.15) is 0 Å². The van der Waals surface area contributed by atoms with Crippen LogP contribution in [0.1, 0.15) is 56.4 Å². The number of anilines is 2. The van der Waals surface area contributed by atoms with Gasteiger partial charge in [0.1, 0.15) is 5.58 Å². The Morgan fingerprint density at radius 3 is 2.38 bits per heavy atom. The monoisotopic (exact) mass is 445 g/mol. The fourth-order valence-corrected chi connectivity index (χ4v) is 6.91. The van der Waals surface area contributed by atoms with E-state index in [9.17, 15) is 0 Å². The molecule has 3 atom stereocenters. The van der Waals surface area contributed by atoms with Crippen molar-refractivity contribution in [2.45, 2.75) is 50.9 Å². The fraction of sp³-hybridized carbons (Fsp3) is 0.312. The number of nitrogens with one attached hydrogen (secondary N) is 1. The first kappa shape index (κ1) is 20.1. The Bertz CT molecular complexity index is 1480. The maximum Gasteiger partial charge on any atom is 0.158 e. The largest absolute Gasteiger partial charge is 0.454 e. The molecule has 0 saturated heterocycles. The smallest absolute Gasteiger partial charge is 0.158 e. The zero-order valence-electron chi connectivity index (χ0n) is 19.6. The van der Waals surface area contributed by atoms with E-state index in [1.807, 2.05) is 6.07 Å². The number of hydrogen-bond donors (Lipinski definition) is 1. The molecule has 2 aliphatic carbocycles. The number of furan rings is 1. The van der Waals surface area contributed by atoms with Gasteiger partial charge in [-0.05, 0) is 77.6 Å². The molecule has 2 saturated carbocycles. The quantitative estimate of drug-likeness (QED) is 0.299. The van der Waals surface area contributed by atoms with Crippen LogP contribution in [0.15, 0.2) is 83.3 Å². The van der Waals surface area contributed by atoms with E-state index in [-0.39, 0.29) is 0 Å². The Kier molecular flexibility index (Phi) is 4.86. The predicted octanol–water partition coefficient (Wildman–Crippen LogP) is 9.56. The molecule has 2 heteroatoms. The lowest BCUT2D eigenvalue weighted by molar-refractivity contribution is 0.156. The van der Waals surface area contributed by atoms with Crippen LogP contribution >= 0.6 is 0 Å². The minimum atomic E-state index is 0.595. The average Bonchev–Trinajstić information content (AvgIpc) is 3.30. The van der Waals surface area contributed by atoms with Gasteiger partial charge in [0.2, 0.25) is 0 Å². The highest BCUT2D eigenvalue weighted by molar-refractivity contribution is 6.21. The van der Waals surface area contributed by atoms with Crippen molar-refractivity contribution in [3.05, 3.63) is 84.4 Å². The highest BCUT2D eigenvalue weighted by Crippen LogP contribution is 2.49. The van der Waals surface area contributed by atoms with Crippen molar-refractivity contribution in [2.75, 3.05) is 5.32 Å². The minimum absolute atomic E-state index is 0.595. The van der Waals surface area contributed by atoms with Gasteiger partial charge in [0.05, 0.1) is 5.69 Å². The summed E-state index contributed by atoms with van der Waals surface area (Å²) in [5.74, 6) is 2.45. The van der Waals surface area contributed by atoms with E-state index >= 15 is 0 Å². The van der Waals surface area contributed by atoms with Gasteiger partial charge in [0, 0.05) is 16.5 Å². The van der Waals surface area contributed by atoms with Gasteiger partial charge in [-0.3, -0.25) is 0 Å². The molecular formula is C32H31NO. The second kappa shape index (κ2) is 8.20. The molecule has 7 rings (SSSR count). The maximum absolute atomic E-state index is 6.82. The number of benzene rings is 4. The van der Waals surface area contributed by atoms with Gasteiger partial charge in [0.15, 0.2) is 5.58 Å². The fourth-order valence-electron chi connectivity index (χ4n) is 6.91. The van der Waals surface area contributed by atoms with Gasteiger partial charge in [-0.25, -0.2) is 0 Å². The number of hydrogen-bond acceptors (Lipinski definition) is 2. The molecule has 2 aliphatic rings. The van der Waals surface area contributed by atoms with Crippen molar-refractivity contribution < 1.29 is 4.42 Å². The Morgan fingerprint density at radius 2 is 1.47 bits per heavy atom. The summed E-state index contributed by atoms with van der Waals surface area (Å²) >= 11 is 0. The van der Waals surface area contributed by atoms with Gasteiger partial charge in [0.25, 0.3) is 0 Å². The summed E-state index contributed by atoms with van der Waals surface area (Å²) in [6.07, 6.45) is 9.72. The van der Waals surface area contributed by atoms with E-state index in [4.69, 9.17) is 4.42 Å². The zero-order chi connectivity index (χ0) is 22.5. The van der Waals surface area contributed by atoms with Crippen LogP contribution in [0.4, 0.5) is 11.4 Å². The second-order valence-corrected chi connectivity index (χ2v) is 10.5. The van der Waals surface area contributed by atoms with Crippen molar-refractivity contribution >= 4 is 44.1 Å². The second-order valence-electron chi connectivity index (χ2n) is 10.5. The van der Waals surface area contributed by atoms with Crippen LogP contribution in [0.25, 0.3) is 32.7 Å². The van der Waals surface area contributed by atoms with Gasteiger partial charge < -0.3 is 9.73 Å². The van der Waals surface area contributed by atoms with Crippen LogP contribution < -0.4 is 5.32 Å². The Hall–Kier alpha value is -3.26. The SMILES string of the molecule is c1ccc(Nc2cccc3c2oc2c(C4CCC5CCCCC5C4)cc4ccccc4c23)cc1. The summed E-state index contributed by atoms with van der Waals surface area (Å²) in [4.78, 5) is 0. The molecule has 0 amide bonds. The van der Waals surface area contributed by atoms with E-state index in [0.29, 0.717) is 5.92 Å². The molecule has 0 spiro atoms. The van der Waals surface area contributed by atoms with Crippen LogP contribution in [-0.4, -0.2) is 0 Å². The van der Waals surface area contributed by atoms with Gasteiger partial charge in [-0.1, -0.05) is 80.3 Å². The van der Waals surface area contributed by atoms with Crippen LogP contribution in [0, 0.1) is 11.8 Å². The van der Waals surface area contributed by atoms with Crippen molar-refractivity contribution in [3.63, 3.8) is 0 Å². The van der Waals surface area contributed by atoms with Gasteiger partial charge >= 0.3 is 0 Å². The lowest BCUT2D eigenvalue weighted by Crippen LogP contribution is -2.26. The molecule has 170 valence electrons. The molecule has 34 heavy (non-hydrogen) atoms. The summed E-state index contributed by atoms with van der Waals surface area (Å²) in [6.45, 7) is 0. The number of rotatable bonds is 3. The van der Waals surface area contributed by atoms with Crippen molar-refractivity contribution in [1.29, 1.82) is 0 Å². The highest BCUT2D eigenvalue weighted by atomic mass is 16.3. The first-order chi connectivity index (χ1) is 16.8. The zero-order valence-corrected chi connectivity index (χ0v) is 19.6. The van der Waals surface area contributed by atoms with Crippen LogP contribution in [0.2, 0.25) is 0 Å². The molecule has 0 radical (unpaired) electrons. The minimum Gasteiger partial charge on any atom is -0.454 e. The van der Waals surface area contributed by atoms with E-state index in [2.05, 4.69) is 78.1 Å². The third-order valence-corrected chi connectivity index (χ3v) is 8.55. The molecule has 3 unspecified atom stereocenters.